The third-order valence-electron chi connectivity index (χ3n) is 3.74. The number of benzene rings is 2. The van der Waals surface area contributed by atoms with E-state index in [1.54, 1.807) is 12.1 Å². The largest absolute Gasteiger partial charge is 0.573 e. The molecule has 0 radical (unpaired) electrons. The lowest BCUT2D eigenvalue weighted by Gasteiger charge is -2.12. The molecule has 32 heavy (non-hydrogen) atoms. The molecule has 2 aromatic carbocycles. The molecule has 1 heterocycles. The summed E-state index contributed by atoms with van der Waals surface area (Å²) >= 11 is 5.83. The molecule has 166 valence electrons. The number of halogens is 4. The van der Waals surface area contributed by atoms with Crippen LogP contribution in [-0.4, -0.2) is 27.2 Å². The number of nitrogens with one attached hydrogen (secondary N) is 3. The highest BCUT2D eigenvalue weighted by atomic mass is 35.5. The van der Waals surface area contributed by atoms with Gasteiger partial charge in [-0.15, -0.1) is 13.2 Å². The molecule has 0 unspecified atom stereocenters. The molecule has 0 fully saturated rings. The lowest BCUT2D eigenvalue weighted by atomic mass is 10.2. The Morgan fingerprint density at radius 1 is 1.09 bits per heavy atom. The van der Waals surface area contributed by atoms with Crippen molar-refractivity contribution in [2.24, 2.45) is 0 Å². The van der Waals surface area contributed by atoms with E-state index in [0.717, 1.165) is 18.5 Å². The van der Waals surface area contributed by atoms with Crippen molar-refractivity contribution in [1.82, 2.24) is 15.4 Å². The van der Waals surface area contributed by atoms with Crippen LogP contribution in [0.4, 0.5) is 36.2 Å². The summed E-state index contributed by atoms with van der Waals surface area (Å²) in [5, 5.41) is 14.5. The monoisotopic (exact) mass is 468 g/mol. The molecule has 3 rings (SSSR count). The molecule has 0 atom stereocenters. The van der Waals surface area contributed by atoms with E-state index in [0.29, 0.717) is 5.02 Å². The van der Waals surface area contributed by atoms with Gasteiger partial charge in [-0.3, -0.25) is 25.8 Å². The molecular formula is C18H12ClF3N6O4. The van der Waals surface area contributed by atoms with Crippen molar-refractivity contribution < 1.29 is 27.6 Å². The van der Waals surface area contributed by atoms with Gasteiger partial charge < -0.3 is 10.1 Å². The van der Waals surface area contributed by atoms with Gasteiger partial charge in [-0.2, -0.15) is 0 Å². The number of amides is 1. The van der Waals surface area contributed by atoms with Gasteiger partial charge in [-0.1, -0.05) is 17.7 Å². The van der Waals surface area contributed by atoms with Gasteiger partial charge in [-0.25, -0.2) is 9.97 Å². The first kappa shape index (κ1) is 22.6. The highest BCUT2D eigenvalue weighted by molar-refractivity contribution is 6.30. The van der Waals surface area contributed by atoms with Crippen LogP contribution in [0.2, 0.25) is 5.02 Å². The lowest BCUT2D eigenvalue weighted by molar-refractivity contribution is -0.383. The lowest BCUT2D eigenvalue weighted by Crippen LogP contribution is -2.30. The van der Waals surface area contributed by atoms with Gasteiger partial charge in [0.1, 0.15) is 12.1 Å². The number of ether oxygens (including phenoxy) is 1. The average Bonchev–Trinajstić information content (AvgIpc) is 2.72. The first-order valence-electron chi connectivity index (χ1n) is 8.56. The van der Waals surface area contributed by atoms with Gasteiger partial charge in [-0.05, 0) is 42.5 Å². The van der Waals surface area contributed by atoms with Crippen molar-refractivity contribution >= 4 is 40.5 Å². The Balaban J connectivity index is 1.77. The first-order valence-corrected chi connectivity index (χ1v) is 8.94. The van der Waals surface area contributed by atoms with Gasteiger partial charge in [0.2, 0.25) is 11.6 Å². The molecular weight excluding hydrogens is 457 g/mol. The zero-order valence-electron chi connectivity index (χ0n) is 15.7. The smallest absolute Gasteiger partial charge is 0.406 e. The Morgan fingerprint density at radius 3 is 2.41 bits per heavy atom. The summed E-state index contributed by atoms with van der Waals surface area (Å²) < 4.78 is 40.5. The van der Waals surface area contributed by atoms with Crippen LogP contribution >= 0.6 is 11.6 Å². The zero-order chi connectivity index (χ0) is 23.3. The molecule has 0 bridgehead atoms. The minimum atomic E-state index is -4.85. The van der Waals surface area contributed by atoms with Crippen LogP contribution in [0, 0.1) is 10.1 Å². The van der Waals surface area contributed by atoms with Gasteiger partial charge >= 0.3 is 12.0 Å². The predicted molar refractivity (Wildman–Crippen MR) is 108 cm³/mol. The van der Waals surface area contributed by atoms with Gasteiger partial charge in [0, 0.05) is 16.3 Å². The van der Waals surface area contributed by atoms with E-state index in [1.165, 1.54) is 24.3 Å². The minimum absolute atomic E-state index is 0.190. The fraction of sp³-hybridized carbons (Fsp3) is 0.0556. The second-order valence-electron chi connectivity index (χ2n) is 5.96. The molecule has 10 nitrogen and oxygen atoms in total. The zero-order valence-corrected chi connectivity index (χ0v) is 16.4. The normalized spacial score (nSPS) is 10.9. The van der Waals surface area contributed by atoms with E-state index in [1.807, 2.05) is 0 Å². The first-order chi connectivity index (χ1) is 15.1. The Bertz CT molecular complexity index is 1140. The number of nitrogens with zero attached hydrogens (tertiary/aromatic N) is 3. The number of hydrazine groups is 1. The molecule has 0 aliphatic rings. The number of carbonyl (C=O) groups excluding carboxylic acids is 1. The molecule has 0 saturated heterocycles. The van der Waals surface area contributed by atoms with Gasteiger partial charge in [0.15, 0.2) is 0 Å². The molecule has 1 aromatic heterocycles. The highest BCUT2D eigenvalue weighted by Crippen LogP contribution is 2.31. The predicted octanol–water partition coefficient (Wildman–Crippen LogP) is 4.44. The molecule has 1 amide bonds. The summed E-state index contributed by atoms with van der Waals surface area (Å²) in [5.74, 6) is -1.70. The fourth-order valence-electron chi connectivity index (χ4n) is 2.43. The highest BCUT2D eigenvalue weighted by Gasteiger charge is 2.31. The fourth-order valence-corrected chi connectivity index (χ4v) is 2.62. The van der Waals surface area contributed by atoms with E-state index in [9.17, 15) is 28.1 Å². The molecule has 3 N–H and O–H groups in total. The summed E-state index contributed by atoms with van der Waals surface area (Å²) in [6.07, 6.45) is -3.86. The van der Waals surface area contributed by atoms with Crippen molar-refractivity contribution in [2.75, 3.05) is 10.7 Å². The average molecular weight is 469 g/mol. The van der Waals surface area contributed by atoms with Gasteiger partial charge in [0.05, 0.1) is 4.92 Å². The maximum absolute atomic E-state index is 12.3. The summed E-state index contributed by atoms with van der Waals surface area (Å²) in [5.41, 5.74) is 4.39. The standard InChI is InChI=1S/C18H12ClF3N6O4/c19-11-3-1-2-10(8-11)17(29)27-26-16-14(28(30)31)15(23-9-24-16)25-12-4-6-13(7-5-12)32-18(20,21)22/h1-9H,(H,27,29)(H2,23,24,25,26). The molecule has 0 spiro atoms. The van der Waals surface area contributed by atoms with E-state index in [2.05, 4.69) is 30.9 Å². The molecule has 0 aliphatic carbocycles. The van der Waals surface area contributed by atoms with Crippen LogP contribution in [0.1, 0.15) is 10.4 Å². The summed E-state index contributed by atoms with van der Waals surface area (Å²) in [7, 11) is 0. The van der Waals surface area contributed by atoms with Crippen LogP contribution < -0.4 is 20.9 Å². The Morgan fingerprint density at radius 2 is 1.78 bits per heavy atom. The van der Waals surface area contributed by atoms with E-state index in [-0.39, 0.29) is 22.9 Å². The number of hydrogen-bond acceptors (Lipinski definition) is 8. The third-order valence-corrected chi connectivity index (χ3v) is 3.97. The SMILES string of the molecule is O=C(NNc1ncnc(Nc2ccc(OC(F)(F)F)cc2)c1[N+](=O)[O-])c1cccc(Cl)c1. The summed E-state index contributed by atoms with van der Waals surface area (Å²) in [6.45, 7) is 0. The van der Waals surface area contributed by atoms with E-state index in [4.69, 9.17) is 11.6 Å². The van der Waals surface area contributed by atoms with Crippen molar-refractivity contribution in [3.8, 4) is 5.75 Å². The van der Waals surface area contributed by atoms with Crippen LogP contribution in [0.3, 0.4) is 0 Å². The van der Waals surface area contributed by atoms with Crippen LogP contribution in [0.15, 0.2) is 54.9 Å². The summed E-state index contributed by atoms with van der Waals surface area (Å²) in [4.78, 5) is 30.5. The van der Waals surface area contributed by atoms with Crippen molar-refractivity contribution in [1.29, 1.82) is 0 Å². The third kappa shape index (κ3) is 5.95. The Hall–Kier alpha value is -4.13. The number of anilines is 3. The minimum Gasteiger partial charge on any atom is -0.406 e. The van der Waals surface area contributed by atoms with Crippen LogP contribution in [0.25, 0.3) is 0 Å². The molecule has 0 aliphatic heterocycles. The number of alkyl halides is 3. The molecule has 3 aromatic rings. The number of nitro groups is 1. The van der Waals surface area contributed by atoms with E-state index < -0.39 is 28.6 Å². The number of aromatic nitrogens is 2. The van der Waals surface area contributed by atoms with Crippen molar-refractivity contribution in [3.05, 3.63) is 75.6 Å². The molecule has 0 saturated carbocycles. The van der Waals surface area contributed by atoms with Crippen LogP contribution in [-0.2, 0) is 0 Å². The Kier molecular flexibility index (Phi) is 6.59. The summed E-state index contributed by atoms with van der Waals surface area (Å²) in [6, 6.07) is 10.5. The number of hydrogen-bond donors (Lipinski definition) is 3. The quantitative estimate of drug-likeness (QED) is 0.342. The molecule has 14 heteroatoms. The maximum Gasteiger partial charge on any atom is 0.573 e. The second kappa shape index (κ2) is 9.34. The van der Waals surface area contributed by atoms with Crippen molar-refractivity contribution in [3.63, 3.8) is 0 Å². The Labute approximate surface area is 182 Å². The second-order valence-corrected chi connectivity index (χ2v) is 6.40. The topological polar surface area (TPSA) is 131 Å². The number of rotatable bonds is 7. The number of carbonyl (C=O) groups is 1. The van der Waals surface area contributed by atoms with Gasteiger partial charge in [0.25, 0.3) is 5.91 Å². The maximum atomic E-state index is 12.3. The van der Waals surface area contributed by atoms with Crippen molar-refractivity contribution in [2.45, 2.75) is 6.36 Å². The van der Waals surface area contributed by atoms with E-state index >= 15 is 0 Å². The van der Waals surface area contributed by atoms with Crippen LogP contribution in [0.5, 0.6) is 5.75 Å².